The molecule has 0 saturated heterocycles. The maximum atomic E-state index is 13.0. The zero-order valence-electron chi connectivity index (χ0n) is 15.8. The molecule has 0 radical (unpaired) electrons. The number of carbonyl (C=O) groups excluding carboxylic acids is 1. The van der Waals surface area contributed by atoms with Gasteiger partial charge < -0.3 is 14.2 Å². The molecule has 0 aliphatic heterocycles. The van der Waals surface area contributed by atoms with Crippen molar-refractivity contribution >= 4 is 11.9 Å². The number of allylic oxidation sites excluding steroid dienone is 1. The average Bonchev–Trinajstić information content (AvgIpc) is 2.71. The molecule has 29 heavy (non-hydrogen) atoms. The minimum atomic E-state index is -4.23. The molecular weight excluding hydrogens is 392 g/mol. The van der Waals surface area contributed by atoms with E-state index in [-0.39, 0.29) is 12.4 Å². The fourth-order valence-corrected chi connectivity index (χ4v) is 2.42. The van der Waals surface area contributed by atoms with Gasteiger partial charge in [0.25, 0.3) is 0 Å². The molecule has 2 aromatic carbocycles. The number of alkyl halides is 4. The van der Waals surface area contributed by atoms with Crippen molar-refractivity contribution in [3.05, 3.63) is 65.2 Å². The molecule has 0 heterocycles. The van der Waals surface area contributed by atoms with E-state index in [9.17, 15) is 22.4 Å². The fraction of sp³-hybridized carbons (Fsp3) is 0.286. The van der Waals surface area contributed by atoms with Crippen LogP contribution in [-0.2, 0) is 11.3 Å². The van der Waals surface area contributed by atoms with Gasteiger partial charge in [-0.2, -0.15) is 8.78 Å². The summed E-state index contributed by atoms with van der Waals surface area (Å²) in [7, 11) is 2.88. The number of ether oxygens (including phenoxy) is 3. The molecule has 2 rings (SSSR count). The summed E-state index contributed by atoms with van der Waals surface area (Å²) >= 11 is 0. The Balaban J connectivity index is 2.10. The maximum absolute atomic E-state index is 13.0. The molecule has 0 aromatic heterocycles. The topological polar surface area (TPSA) is 44.8 Å². The van der Waals surface area contributed by atoms with E-state index in [1.807, 2.05) is 0 Å². The van der Waals surface area contributed by atoms with Gasteiger partial charge in [-0.3, -0.25) is 4.79 Å². The maximum Gasteiger partial charge on any atom is 0.330 e. The number of methoxy groups -OCH3 is 2. The number of halogens is 4. The van der Waals surface area contributed by atoms with Gasteiger partial charge in [0.05, 0.1) is 20.8 Å². The SMILES string of the molecule is COc1cccc(C(=O)/C=C/c2ccc(OC)c(COCC(F)(F)C(F)F)c2)c1. The van der Waals surface area contributed by atoms with E-state index in [4.69, 9.17) is 14.2 Å². The predicted octanol–water partition coefficient (Wildman–Crippen LogP) is 5.02. The smallest absolute Gasteiger partial charge is 0.330 e. The Morgan fingerprint density at radius 3 is 2.52 bits per heavy atom. The summed E-state index contributed by atoms with van der Waals surface area (Å²) in [4.78, 5) is 12.3. The van der Waals surface area contributed by atoms with Crippen LogP contribution in [0.1, 0.15) is 21.5 Å². The third-order valence-corrected chi connectivity index (χ3v) is 3.96. The minimum absolute atomic E-state index is 0.255. The number of rotatable bonds is 10. The van der Waals surface area contributed by atoms with E-state index in [1.54, 1.807) is 48.5 Å². The van der Waals surface area contributed by atoms with Gasteiger partial charge in [0.2, 0.25) is 0 Å². The molecule has 0 fully saturated rings. The van der Waals surface area contributed by atoms with Gasteiger partial charge in [-0.25, -0.2) is 8.78 Å². The third kappa shape index (κ3) is 6.32. The Labute approximate surface area is 165 Å². The van der Waals surface area contributed by atoms with Crippen LogP contribution in [0.3, 0.4) is 0 Å². The summed E-state index contributed by atoms with van der Waals surface area (Å²) in [5.41, 5.74) is 1.40. The summed E-state index contributed by atoms with van der Waals surface area (Å²) < 4.78 is 65.3. The Hall–Kier alpha value is -2.87. The Morgan fingerprint density at radius 1 is 1.10 bits per heavy atom. The third-order valence-electron chi connectivity index (χ3n) is 3.96. The minimum Gasteiger partial charge on any atom is -0.497 e. The normalized spacial score (nSPS) is 11.8. The van der Waals surface area contributed by atoms with Crippen molar-refractivity contribution in [3.63, 3.8) is 0 Å². The van der Waals surface area contributed by atoms with Crippen molar-refractivity contribution in [1.29, 1.82) is 0 Å². The molecule has 0 bridgehead atoms. The highest BCUT2D eigenvalue weighted by molar-refractivity contribution is 6.07. The molecule has 0 spiro atoms. The number of hydrogen-bond acceptors (Lipinski definition) is 4. The molecule has 0 saturated carbocycles. The second-order valence-corrected chi connectivity index (χ2v) is 6.06. The lowest BCUT2D eigenvalue weighted by atomic mass is 10.1. The van der Waals surface area contributed by atoms with E-state index in [0.717, 1.165) is 0 Å². The second-order valence-electron chi connectivity index (χ2n) is 6.06. The first-order valence-electron chi connectivity index (χ1n) is 8.54. The van der Waals surface area contributed by atoms with Gasteiger partial charge in [-0.05, 0) is 35.9 Å². The van der Waals surface area contributed by atoms with Crippen LogP contribution in [-0.4, -0.2) is 39.0 Å². The average molecular weight is 412 g/mol. The number of benzene rings is 2. The standard InChI is InChI=1S/C21H20F4O4/c1-27-17-5-3-4-15(11-17)18(26)8-6-14-7-9-19(28-2)16(10-14)12-29-13-21(24,25)20(22)23/h3-11,20H,12-13H2,1-2H3/b8-6+. The fourth-order valence-electron chi connectivity index (χ4n) is 2.42. The van der Waals surface area contributed by atoms with Crippen LogP contribution < -0.4 is 9.47 Å². The molecule has 156 valence electrons. The predicted molar refractivity (Wildman–Crippen MR) is 100.0 cm³/mol. The molecular formula is C21H20F4O4. The van der Waals surface area contributed by atoms with Gasteiger partial charge >= 0.3 is 12.3 Å². The summed E-state index contributed by atoms with van der Waals surface area (Å²) in [6.07, 6.45) is -0.911. The Morgan fingerprint density at radius 2 is 1.86 bits per heavy atom. The van der Waals surface area contributed by atoms with Crippen LogP contribution in [0.25, 0.3) is 6.08 Å². The largest absolute Gasteiger partial charge is 0.497 e. The highest BCUT2D eigenvalue weighted by Gasteiger charge is 2.40. The molecule has 0 aliphatic carbocycles. The van der Waals surface area contributed by atoms with Crippen LogP contribution in [0.2, 0.25) is 0 Å². The summed E-state index contributed by atoms with van der Waals surface area (Å²) in [5, 5.41) is 0. The Kier molecular flexibility index (Phi) is 7.78. The van der Waals surface area contributed by atoms with Gasteiger partial charge in [-0.1, -0.05) is 24.3 Å². The van der Waals surface area contributed by atoms with Gasteiger partial charge in [0.15, 0.2) is 5.78 Å². The highest BCUT2D eigenvalue weighted by atomic mass is 19.3. The van der Waals surface area contributed by atoms with E-state index < -0.39 is 19.0 Å². The number of carbonyl (C=O) groups is 1. The lowest BCUT2D eigenvalue weighted by molar-refractivity contribution is -0.168. The van der Waals surface area contributed by atoms with E-state index in [2.05, 4.69) is 0 Å². The molecule has 0 aliphatic rings. The van der Waals surface area contributed by atoms with Gasteiger partial charge in [0, 0.05) is 11.1 Å². The first kappa shape index (κ1) is 22.4. The summed E-state index contributed by atoms with van der Waals surface area (Å²) in [6.45, 7) is -1.76. The first-order valence-corrected chi connectivity index (χ1v) is 8.54. The lowest BCUT2D eigenvalue weighted by Gasteiger charge is -2.16. The molecule has 0 amide bonds. The zero-order valence-corrected chi connectivity index (χ0v) is 15.8. The zero-order chi connectivity index (χ0) is 21.4. The van der Waals surface area contributed by atoms with E-state index >= 15 is 0 Å². The molecule has 8 heteroatoms. The molecule has 0 atom stereocenters. The van der Waals surface area contributed by atoms with Crippen molar-refractivity contribution in [2.24, 2.45) is 0 Å². The number of hydrogen-bond donors (Lipinski definition) is 0. The lowest BCUT2D eigenvalue weighted by Crippen LogP contribution is -2.32. The highest BCUT2D eigenvalue weighted by Crippen LogP contribution is 2.26. The number of ketones is 1. The van der Waals surface area contributed by atoms with Gasteiger partial charge in [-0.15, -0.1) is 0 Å². The van der Waals surface area contributed by atoms with Crippen LogP contribution in [0, 0.1) is 0 Å². The van der Waals surface area contributed by atoms with Crippen molar-refractivity contribution < 1.29 is 36.6 Å². The molecule has 2 aromatic rings. The molecule has 4 nitrogen and oxygen atoms in total. The van der Waals surface area contributed by atoms with Crippen molar-refractivity contribution in [3.8, 4) is 11.5 Å². The monoisotopic (exact) mass is 412 g/mol. The summed E-state index contributed by atoms with van der Waals surface area (Å²) in [5.74, 6) is -3.59. The Bertz CT molecular complexity index is 866. The van der Waals surface area contributed by atoms with Crippen LogP contribution in [0.4, 0.5) is 17.6 Å². The summed E-state index contributed by atoms with van der Waals surface area (Å²) in [6, 6.07) is 11.4. The van der Waals surface area contributed by atoms with Gasteiger partial charge in [0.1, 0.15) is 18.1 Å². The van der Waals surface area contributed by atoms with Crippen LogP contribution >= 0.6 is 0 Å². The van der Waals surface area contributed by atoms with Crippen LogP contribution in [0.5, 0.6) is 11.5 Å². The van der Waals surface area contributed by atoms with E-state index in [0.29, 0.717) is 28.2 Å². The molecule has 0 unspecified atom stereocenters. The van der Waals surface area contributed by atoms with Crippen molar-refractivity contribution in [2.45, 2.75) is 19.0 Å². The quantitative estimate of drug-likeness (QED) is 0.312. The van der Waals surface area contributed by atoms with Crippen molar-refractivity contribution in [2.75, 3.05) is 20.8 Å². The second kappa shape index (κ2) is 10.1. The van der Waals surface area contributed by atoms with E-state index in [1.165, 1.54) is 20.3 Å². The molecule has 0 N–H and O–H groups in total. The van der Waals surface area contributed by atoms with Crippen molar-refractivity contribution in [1.82, 2.24) is 0 Å². The first-order chi connectivity index (χ1) is 13.8. The van der Waals surface area contributed by atoms with Crippen LogP contribution in [0.15, 0.2) is 48.5 Å².